The lowest BCUT2D eigenvalue weighted by Gasteiger charge is -2.14. The van der Waals surface area contributed by atoms with Crippen molar-refractivity contribution in [3.05, 3.63) is 75.8 Å². The molecule has 3 rings (SSSR count). The fraction of sp³-hybridized carbons (Fsp3) is 0.182. The van der Waals surface area contributed by atoms with Crippen LogP contribution in [0.15, 0.2) is 42.7 Å². The summed E-state index contributed by atoms with van der Waals surface area (Å²) in [6.07, 6.45) is 9.64. The molecule has 1 heterocycles. The van der Waals surface area contributed by atoms with Crippen LogP contribution >= 0.6 is 11.6 Å². The Kier molecular flexibility index (Phi) is 6.10. The predicted octanol–water partition coefficient (Wildman–Crippen LogP) is 3.55. The first-order valence-electron chi connectivity index (χ1n) is 8.81. The van der Waals surface area contributed by atoms with Gasteiger partial charge in [0, 0.05) is 37.0 Å². The van der Waals surface area contributed by atoms with Gasteiger partial charge in [0.1, 0.15) is 22.9 Å². The molecule has 0 saturated heterocycles. The molecule has 0 fully saturated rings. The monoisotopic (exact) mass is 410 g/mol. The molecule has 0 radical (unpaired) electrons. The van der Waals surface area contributed by atoms with Crippen molar-refractivity contribution in [1.29, 1.82) is 0 Å². The van der Waals surface area contributed by atoms with Crippen LogP contribution in [0.5, 0.6) is 11.5 Å². The highest BCUT2D eigenvalue weighted by atomic mass is 35.5. The zero-order valence-electron chi connectivity index (χ0n) is 15.7. The van der Waals surface area contributed by atoms with E-state index in [1.165, 1.54) is 7.11 Å². The van der Waals surface area contributed by atoms with Crippen molar-refractivity contribution in [2.45, 2.75) is 19.4 Å². The molecule has 3 aromatic rings. The number of halogens is 1. The highest BCUT2D eigenvalue weighted by molar-refractivity contribution is 6.33. The number of methoxy groups -OCH3 is 1. The molecule has 2 aromatic carbocycles. The number of terminal acetylenes is 1. The van der Waals surface area contributed by atoms with Crippen LogP contribution in [0.2, 0.25) is 5.02 Å². The summed E-state index contributed by atoms with van der Waals surface area (Å²) in [4.78, 5) is 16.5. The molecule has 0 spiro atoms. The van der Waals surface area contributed by atoms with Crippen LogP contribution in [0.1, 0.15) is 32.9 Å². The number of nitrogens with zero attached hydrogens (tertiary/aromatic N) is 2. The number of aromatic hydroxyl groups is 2. The smallest absolute Gasteiger partial charge is 0.341 e. The maximum Gasteiger partial charge on any atom is 0.341 e. The number of carbonyl (C=O) groups is 1. The number of phenolic OH excluding ortho intramolecular Hbond substituents is 2. The van der Waals surface area contributed by atoms with Crippen molar-refractivity contribution in [3.8, 4) is 23.8 Å². The van der Waals surface area contributed by atoms with Crippen molar-refractivity contribution in [2.24, 2.45) is 0 Å². The quantitative estimate of drug-likeness (QED) is 0.479. The maximum atomic E-state index is 12.1. The normalized spacial score (nSPS) is 10.5. The van der Waals surface area contributed by atoms with Crippen molar-refractivity contribution in [1.82, 2.24) is 9.55 Å². The Balaban J connectivity index is 1.84. The van der Waals surface area contributed by atoms with Gasteiger partial charge in [0.15, 0.2) is 0 Å². The van der Waals surface area contributed by atoms with Crippen LogP contribution in [0.3, 0.4) is 0 Å². The van der Waals surface area contributed by atoms with Gasteiger partial charge in [0.25, 0.3) is 0 Å². The summed E-state index contributed by atoms with van der Waals surface area (Å²) < 4.78 is 6.71. The van der Waals surface area contributed by atoms with Crippen LogP contribution in [0.4, 0.5) is 0 Å². The summed E-state index contributed by atoms with van der Waals surface area (Å²) >= 11 is 6.20. The van der Waals surface area contributed by atoms with Gasteiger partial charge in [-0.25, -0.2) is 9.78 Å². The molecule has 0 unspecified atom stereocenters. The molecule has 0 bridgehead atoms. The largest absolute Gasteiger partial charge is 0.507 e. The van der Waals surface area contributed by atoms with Crippen LogP contribution in [-0.2, 0) is 24.1 Å². The van der Waals surface area contributed by atoms with E-state index >= 15 is 0 Å². The number of aryl methyl sites for hydroxylation is 1. The van der Waals surface area contributed by atoms with Gasteiger partial charge in [-0.15, -0.1) is 6.42 Å². The topological polar surface area (TPSA) is 84.6 Å². The third-order valence-corrected chi connectivity index (χ3v) is 5.01. The molecule has 148 valence electrons. The second-order valence-corrected chi connectivity index (χ2v) is 6.76. The molecule has 29 heavy (non-hydrogen) atoms. The SMILES string of the molecule is C#Cc1ccc(Cn2ccnc2CCc2c(Cl)c(O)cc(O)c2C(=O)OC)cc1. The van der Waals surface area contributed by atoms with E-state index in [4.69, 9.17) is 22.8 Å². The lowest BCUT2D eigenvalue weighted by molar-refractivity contribution is 0.0596. The molecule has 0 amide bonds. The second-order valence-electron chi connectivity index (χ2n) is 6.39. The van der Waals surface area contributed by atoms with Gasteiger partial charge in [0.05, 0.1) is 12.1 Å². The Labute approximate surface area is 173 Å². The molecule has 0 saturated carbocycles. The third-order valence-electron chi connectivity index (χ3n) is 4.58. The summed E-state index contributed by atoms with van der Waals surface area (Å²) in [5, 5.41) is 20.0. The number of hydrogen-bond acceptors (Lipinski definition) is 5. The number of ether oxygens (including phenoxy) is 1. The average Bonchev–Trinajstić information content (AvgIpc) is 3.16. The van der Waals surface area contributed by atoms with Gasteiger partial charge in [-0.2, -0.15) is 0 Å². The Hall–Kier alpha value is -3.43. The molecular weight excluding hydrogens is 392 g/mol. The number of rotatable bonds is 6. The van der Waals surface area contributed by atoms with E-state index in [0.29, 0.717) is 18.5 Å². The molecule has 0 atom stereocenters. The number of imidazole rings is 1. The van der Waals surface area contributed by atoms with E-state index in [1.54, 1.807) is 6.20 Å². The highest BCUT2D eigenvalue weighted by Crippen LogP contribution is 2.37. The fourth-order valence-corrected chi connectivity index (χ4v) is 3.34. The molecule has 7 heteroatoms. The summed E-state index contributed by atoms with van der Waals surface area (Å²) in [5.74, 6) is 1.94. The van der Waals surface area contributed by atoms with Gasteiger partial charge in [-0.05, 0) is 29.7 Å². The van der Waals surface area contributed by atoms with Gasteiger partial charge in [-0.3, -0.25) is 0 Å². The molecule has 6 nitrogen and oxygen atoms in total. The van der Waals surface area contributed by atoms with Crippen LogP contribution in [-0.4, -0.2) is 32.8 Å². The molecule has 0 aliphatic rings. The highest BCUT2D eigenvalue weighted by Gasteiger charge is 2.23. The van der Waals surface area contributed by atoms with Gasteiger partial charge in [0.2, 0.25) is 0 Å². The van der Waals surface area contributed by atoms with E-state index in [0.717, 1.165) is 23.0 Å². The van der Waals surface area contributed by atoms with Gasteiger partial charge < -0.3 is 19.5 Å². The Morgan fingerprint density at radius 1 is 1.24 bits per heavy atom. The van der Waals surface area contributed by atoms with Crippen molar-refractivity contribution >= 4 is 17.6 Å². The Morgan fingerprint density at radius 3 is 2.62 bits per heavy atom. The second kappa shape index (κ2) is 8.72. The summed E-state index contributed by atoms with van der Waals surface area (Å²) in [6.45, 7) is 0.600. The van der Waals surface area contributed by atoms with Gasteiger partial charge in [-0.1, -0.05) is 29.7 Å². The summed E-state index contributed by atoms with van der Waals surface area (Å²) in [7, 11) is 1.21. The summed E-state index contributed by atoms with van der Waals surface area (Å²) in [6, 6.07) is 8.70. The molecule has 2 N–H and O–H groups in total. The molecular formula is C22H19ClN2O4. The lowest BCUT2D eigenvalue weighted by atomic mass is 10.0. The number of phenols is 2. The summed E-state index contributed by atoms with van der Waals surface area (Å²) in [5.41, 5.74) is 2.13. The Bertz CT molecular complexity index is 1080. The number of benzene rings is 2. The number of carbonyl (C=O) groups excluding carboxylic acids is 1. The van der Waals surface area contributed by atoms with E-state index in [-0.39, 0.29) is 28.5 Å². The first kappa shape index (κ1) is 20.3. The van der Waals surface area contributed by atoms with Crippen LogP contribution < -0.4 is 0 Å². The zero-order valence-corrected chi connectivity index (χ0v) is 16.5. The van der Waals surface area contributed by atoms with Crippen molar-refractivity contribution in [3.63, 3.8) is 0 Å². The fourth-order valence-electron chi connectivity index (χ4n) is 3.10. The molecule has 0 aliphatic carbocycles. The number of esters is 1. The predicted molar refractivity (Wildman–Crippen MR) is 109 cm³/mol. The van der Waals surface area contributed by atoms with E-state index in [9.17, 15) is 15.0 Å². The minimum Gasteiger partial charge on any atom is -0.507 e. The van der Waals surface area contributed by atoms with Crippen LogP contribution in [0.25, 0.3) is 0 Å². The van der Waals surface area contributed by atoms with Crippen molar-refractivity contribution < 1.29 is 19.7 Å². The first-order chi connectivity index (χ1) is 13.9. The number of aromatic nitrogens is 2. The van der Waals surface area contributed by atoms with Gasteiger partial charge >= 0.3 is 5.97 Å². The molecule has 1 aromatic heterocycles. The number of hydrogen-bond donors (Lipinski definition) is 2. The van der Waals surface area contributed by atoms with Crippen LogP contribution in [0, 0.1) is 12.3 Å². The third kappa shape index (κ3) is 4.36. The van der Waals surface area contributed by atoms with E-state index in [1.807, 2.05) is 35.0 Å². The standard InChI is InChI=1S/C22H19ClN2O4/c1-3-14-4-6-15(7-5-14)13-25-11-10-24-19(25)9-8-16-20(22(28)29-2)17(26)12-18(27)21(16)23/h1,4-7,10-12,26-27H,8-9,13H2,2H3. The first-order valence-corrected chi connectivity index (χ1v) is 9.19. The minimum absolute atomic E-state index is 0.00572. The van der Waals surface area contributed by atoms with E-state index < -0.39 is 5.97 Å². The van der Waals surface area contributed by atoms with Crippen molar-refractivity contribution in [2.75, 3.05) is 7.11 Å². The van der Waals surface area contributed by atoms with E-state index in [2.05, 4.69) is 10.9 Å². The average molecular weight is 411 g/mol. The zero-order chi connectivity index (χ0) is 21.0. The minimum atomic E-state index is -0.726. The molecule has 0 aliphatic heterocycles. The lowest BCUT2D eigenvalue weighted by Crippen LogP contribution is -2.10. The maximum absolute atomic E-state index is 12.1. The Morgan fingerprint density at radius 2 is 1.97 bits per heavy atom.